The summed E-state index contributed by atoms with van der Waals surface area (Å²) in [5.74, 6) is -1.22. The molecule has 1 amide bonds. The van der Waals surface area contributed by atoms with E-state index in [0.717, 1.165) is 9.87 Å². The summed E-state index contributed by atoms with van der Waals surface area (Å²) in [6.45, 7) is 3.22. The summed E-state index contributed by atoms with van der Waals surface area (Å²) < 4.78 is 65.6. The highest BCUT2D eigenvalue weighted by Gasteiger charge is 2.49. The van der Waals surface area contributed by atoms with Crippen LogP contribution in [0.5, 0.6) is 0 Å². The van der Waals surface area contributed by atoms with Crippen LogP contribution in [0.2, 0.25) is 0 Å². The van der Waals surface area contributed by atoms with E-state index >= 15 is 0 Å². The van der Waals surface area contributed by atoms with Gasteiger partial charge in [0.05, 0.1) is 21.8 Å². The Kier molecular flexibility index (Phi) is 5.54. The van der Waals surface area contributed by atoms with E-state index in [1.807, 2.05) is 0 Å². The van der Waals surface area contributed by atoms with Crippen LogP contribution in [-0.4, -0.2) is 35.0 Å². The van der Waals surface area contributed by atoms with Crippen molar-refractivity contribution in [2.24, 2.45) is 5.41 Å². The third kappa shape index (κ3) is 4.49. The molecule has 0 saturated carbocycles. The topological polar surface area (TPSA) is 101 Å². The van der Waals surface area contributed by atoms with Crippen LogP contribution >= 0.6 is 0 Å². The maximum atomic E-state index is 12.9. The van der Waals surface area contributed by atoms with Gasteiger partial charge in [0.25, 0.3) is 0 Å². The molecule has 1 heterocycles. The molecule has 0 radical (unpaired) electrons. The number of carbonyl (C=O) groups is 1. The van der Waals surface area contributed by atoms with Crippen LogP contribution in [0.3, 0.4) is 0 Å². The first kappa shape index (κ1) is 21.4. The number of hydrogen-bond acceptors (Lipinski definition) is 5. The number of nitrogens with one attached hydrogen (secondary N) is 1. The zero-order valence-electron chi connectivity index (χ0n) is 15.9. The molecule has 0 aromatic heterocycles. The lowest BCUT2D eigenvalue weighted by molar-refractivity contribution is -0.123. The number of amides is 1. The van der Waals surface area contributed by atoms with Crippen molar-refractivity contribution in [2.45, 2.75) is 25.2 Å². The summed E-state index contributed by atoms with van der Waals surface area (Å²) >= 11 is 0. The first-order valence-corrected chi connectivity index (χ1v) is 11.9. The van der Waals surface area contributed by atoms with Gasteiger partial charge in [0.1, 0.15) is 5.82 Å². The Hall–Kier alpha value is -2.30. The summed E-state index contributed by atoms with van der Waals surface area (Å²) in [5.41, 5.74) is -0.151. The summed E-state index contributed by atoms with van der Waals surface area (Å²) in [6, 6.07) is 10.9. The van der Waals surface area contributed by atoms with Crippen LogP contribution in [0.4, 0.5) is 10.1 Å². The van der Waals surface area contributed by atoms with Gasteiger partial charge in [-0.1, -0.05) is 12.1 Å². The van der Waals surface area contributed by atoms with Crippen LogP contribution in [0.15, 0.2) is 53.4 Å². The minimum absolute atomic E-state index is 0.0522. The van der Waals surface area contributed by atoms with Crippen LogP contribution in [0, 0.1) is 11.2 Å². The van der Waals surface area contributed by atoms with Gasteiger partial charge in [0.15, 0.2) is 0 Å². The summed E-state index contributed by atoms with van der Waals surface area (Å²) in [7, 11) is -7.62. The van der Waals surface area contributed by atoms with Crippen molar-refractivity contribution in [2.75, 3.05) is 16.6 Å². The second kappa shape index (κ2) is 7.51. The van der Waals surface area contributed by atoms with Crippen molar-refractivity contribution < 1.29 is 26.0 Å². The van der Waals surface area contributed by atoms with Crippen molar-refractivity contribution in [3.63, 3.8) is 0 Å². The molecule has 0 bridgehead atoms. The Labute approximate surface area is 169 Å². The lowest BCUT2D eigenvalue weighted by Crippen LogP contribution is -2.33. The number of nitrogens with zero attached hydrogens (tertiary/aromatic N) is 1. The first-order valence-electron chi connectivity index (χ1n) is 8.84. The molecule has 7 nitrogen and oxygen atoms in total. The number of sulfonamides is 2. The SMILES string of the molecule is CC1(C)CS(=O)(=O)N(c2ccc(S(=O)(=O)NCCc3ccc(F)cc3)cc2)C1=O. The fourth-order valence-corrected chi connectivity index (χ4v) is 6.23. The molecule has 0 spiro atoms. The lowest BCUT2D eigenvalue weighted by Gasteiger charge is -2.17. The molecule has 1 saturated heterocycles. The van der Waals surface area contributed by atoms with E-state index in [1.54, 1.807) is 26.0 Å². The maximum Gasteiger partial charge on any atom is 0.247 e. The van der Waals surface area contributed by atoms with Gasteiger partial charge in [-0.15, -0.1) is 0 Å². The van der Waals surface area contributed by atoms with E-state index in [2.05, 4.69) is 4.72 Å². The molecule has 1 aliphatic heterocycles. The Balaban J connectivity index is 1.72. The second-order valence-electron chi connectivity index (χ2n) is 7.48. The number of halogens is 1. The lowest BCUT2D eigenvalue weighted by atomic mass is 9.95. The van der Waals surface area contributed by atoms with Crippen molar-refractivity contribution in [3.05, 3.63) is 59.9 Å². The van der Waals surface area contributed by atoms with Gasteiger partial charge < -0.3 is 0 Å². The number of rotatable bonds is 6. The van der Waals surface area contributed by atoms with Crippen LogP contribution < -0.4 is 9.03 Å². The van der Waals surface area contributed by atoms with Gasteiger partial charge in [-0.05, 0) is 62.2 Å². The molecule has 1 aliphatic rings. The minimum Gasteiger partial charge on any atom is -0.273 e. The van der Waals surface area contributed by atoms with Crippen molar-refractivity contribution in [3.8, 4) is 0 Å². The van der Waals surface area contributed by atoms with E-state index in [9.17, 15) is 26.0 Å². The van der Waals surface area contributed by atoms with Crippen LogP contribution in [0.25, 0.3) is 0 Å². The molecule has 2 aromatic rings. The van der Waals surface area contributed by atoms with Crippen molar-refractivity contribution in [1.82, 2.24) is 4.72 Å². The summed E-state index contributed by atoms with van der Waals surface area (Å²) in [6.07, 6.45) is 0.382. The molecule has 1 N–H and O–H groups in total. The quantitative estimate of drug-likeness (QED) is 0.741. The fraction of sp³-hybridized carbons (Fsp3) is 0.316. The normalized spacial score (nSPS) is 18.2. The molecule has 0 unspecified atom stereocenters. The van der Waals surface area contributed by atoms with Crippen molar-refractivity contribution >= 4 is 31.6 Å². The maximum absolute atomic E-state index is 12.9. The molecule has 2 aromatic carbocycles. The number of anilines is 1. The summed E-state index contributed by atoms with van der Waals surface area (Å²) in [4.78, 5) is 12.4. The number of hydrogen-bond donors (Lipinski definition) is 1. The molecule has 29 heavy (non-hydrogen) atoms. The van der Waals surface area contributed by atoms with Crippen LogP contribution in [0.1, 0.15) is 19.4 Å². The van der Waals surface area contributed by atoms with E-state index < -0.39 is 31.4 Å². The van der Waals surface area contributed by atoms with Gasteiger partial charge >= 0.3 is 0 Å². The fourth-order valence-electron chi connectivity index (χ4n) is 3.09. The van der Waals surface area contributed by atoms with E-state index in [4.69, 9.17) is 0 Å². The first-order chi connectivity index (χ1) is 13.4. The monoisotopic (exact) mass is 440 g/mol. The second-order valence-corrected chi connectivity index (χ2v) is 11.1. The molecular formula is C19H21FN2O5S2. The predicted molar refractivity (Wildman–Crippen MR) is 107 cm³/mol. The largest absolute Gasteiger partial charge is 0.273 e. The average molecular weight is 441 g/mol. The van der Waals surface area contributed by atoms with Gasteiger partial charge in [0, 0.05) is 6.54 Å². The highest BCUT2D eigenvalue weighted by molar-refractivity contribution is 7.94. The van der Waals surface area contributed by atoms with E-state index in [0.29, 0.717) is 6.42 Å². The van der Waals surface area contributed by atoms with Gasteiger partial charge in [0.2, 0.25) is 26.0 Å². The molecule has 10 heteroatoms. The Bertz CT molecular complexity index is 1130. The Morgan fingerprint density at radius 2 is 1.66 bits per heavy atom. The highest BCUT2D eigenvalue weighted by atomic mass is 32.2. The zero-order valence-corrected chi connectivity index (χ0v) is 17.6. The van der Waals surface area contributed by atoms with Gasteiger partial charge in [-0.3, -0.25) is 4.79 Å². The molecular weight excluding hydrogens is 419 g/mol. The van der Waals surface area contributed by atoms with Crippen molar-refractivity contribution in [1.29, 1.82) is 0 Å². The smallest absolute Gasteiger partial charge is 0.247 e. The minimum atomic E-state index is -3.82. The number of carbonyl (C=O) groups excluding carboxylic acids is 1. The zero-order chi connectivity index (χ0) is 21.4. The van der Waals surface area contributed by atoms with E-state index in [-0.39, 0.29) is 28.7 Å². The third-order valence-electron chi connectivity index (χ3n) is 4.59. The van der Waals surface area contributed by atoms with Gasteiger partial charge in [-0.25, -0.2) is 30.3 Å². The molecule has 156 valence electrons. The summed E-state index contributed by atoms with van der Waals surface area (Å²) in [5, 5.41) is 0. The molecule has 0 aliphatic carbocycles. The number of benzene rings is 2. The van der Waals surface area contributed by atoms with Gasteiger partial charge in [-0.2, -0.15) is 0 Å². The standard InChI is InChI=1S/C19H21FN2O5S2/c1-19(2)13-28(24,25)22(18(19)23)16-7-9-17(10-8-16)29(26,27)21-12-11-14-3-5-15(20)6-4-14/h3-10,21H,11-13H2,1-2H3. The van der Waals surface area contributed by atoms with Crippen LogP contribution in [-0.2, 0) is 31.3 Å². The average Bonchev–Trinajstić information content (AvgIpc) is 2.79. The Morgan fingerprint density at radius 3 is 2.17 bits per heavy atom. The molecule has 0 atom stereocenters. The molecule has 3 rings (SSSR count). The molecule has 1 fully saturated rings. The van der Waals surface area contributed by atoms with E-state index in [1.165, 1.54) is 36.4 Å². The Morgan fingerprint density at radius 1 is 1.07 bits per heavy atom. The highest BCUT2D eigenvalue weighted by Crippen LogP contribution is 2.35. The third-order valence-corrected chi connectivity index (χ3v) is 8.08. The predicted octanol–water partition coefficient (Wildman–Crippen LogP) is 2.05.